The Bertz CT molecular complexity index is 327. The highest BCUT2D eigenvalue weighted by Crippen LogP contribution is 2.39. The molecule has 18 heavy (non-hydrogen) atoms. The second kappa shape index (κ2) is 4.77. The Hall–Kier alpha value is -0.690. The smallest absolute Gasteiger partial charge is 0.338 e. The van der Waals surface area contributed by atoms with E-state index in [1.54, 1.807) is 27.7 Å². The second-order valence-electron chi connectivity index (χ2n) is 5.21. The van der Waals surface area contributed by atoms with Gasteiger partial charge in [0.2, 0.25) is 0 Å². The van der Waals surface area contributed by atoms with Crippen molar-refractivity contribution in [3.8, 4) is 0 Å². The molecular formula is C12H20O6. The number of fused-ring (bicyclic) bond motifs is 1. The average Bonchev–Trinajstić information content (AvgIpc) is 2.69. The van der Waals surface area contributed by atoms with Crippen LogP contribution in [0.2, 0.25) is 0 Å². The molecule has 0 amide bonds. The van der Waals surface area contributed by atoms with Gasteiger partial charge in [-0.2, -0.15) is 0 Å². The third-order valence-corrected chi connectivity index (χ3v) is 2.83. The standard InChI is InChI=1S/C12H20O6/c1-6(2)15-10(13)8-7-9(11(14-5)16-8)18-12(3,4)17-7/h6-9,11H,1-5H3/t7-,8-,9-,11+/m0/s1. The first-order valence-corrected chi connectivity index (χ1v) is 6.08. The third-order valence-electron chi connectivity index (χ3n) is 2.83. The lowest BCUT2D eigenvalue weighted by atomic mass is 10.1. The Balaban J connectivity index is 2.11. The van der Waals surface area contributed by atoms with Crippen LogP contribution in [-0.2, 0) is 28.5 Å². The predicted octanol–water partition coefficient (Wildman–Crippen LogP) is 0.829. The van der Waals surface area contributed by atoms with E-state index in [4.69, 9.17) is 23.7 Å². The maximum atomic E-state index is 11.9. The highest BCUT2D eigenvalue weighted by atomic mass is 16.8. The zero-order valence-electron chi connectivity index (χ0n) is 11.3. The van der Waals surface area contributed by atoms with Crippen LogP contribution >= 0.6 is 0 Å². The number of methoxy groups -OCH3 is 1. The van der Waals surface area contributed by atoms with Crippen LogP contribution in [0.5, 0.6) is 0 Å². The number of hydrogen-bond donors (Lipinski definition) is 0. The van der Waals surface area contributed by atoms with Gasteiger partial charge in [0.25, 0.3) is 0 Å². The van der Waals surface area contributed by atoms with E-state index in [9.17, 15) is 4.79 Å². The molecule has 0 spiro atoms. The molecule has 0 aliphatic carbocycles. The number of hydrogen-bond acceptors (Lipinski definition) is 6. The van der Waals surface area contributed by atoms with Crippen molar-refractivity contribution in [3.05, 3.63) is 0 Å². The van der Waals surface area contributed by atoms with Crippen LogP contribution in [0.25, 0.3) is 0 Å². The largest absolute Gasteiger partial charge is 0.461 e. The fraction of sp³-hybridized carbons (Fsp3) is 0.917. The Morgan fingerprint density at radius 2 is 1.83 bits per heavy atom. The first-order chi connectivity index (χ1) is 8.34. The minimum Gasteiger partial charge on any atom is -0.461 e. The third kappa shape index (κ3) is 2.51. The van der Waals surface area contributed by atoms with E-state index in [2.05, 4.69) is 0 Å². The van der Waals surface area contributed by atoms with Gasteiger partial charge >= 0.3 is 5.97 Å². The molecule has 2 heterocycles. The maximum Gasteiger partial charge on any atom is 0.338 e. The van der Waals surface area contributed by atoms with Crippen molar-refractivity contribution < 1.29 is 28.5 Å². The van der Waals surface area contributed by atoms with Crippen molar-refractivity contribution in [2.45, 2.75) is 64.2 Å². The molecule has 0 aromatic carbocycles. The molecule has 6 nitrogen and oxygen atoms in total. The Morgan fingerprint density at radius 3 is 2.39 bits per heavy atom. The van der Waals surface area contributed by atoms with E-state index < -0.39 is 36.4 Å². The summed E-state index contributed by atoms with van der Waals surface area (Å²) in [6.45, 7) is 7.16. The van der Waals surface area contributed by atoms with Crippen molar-refractivity contribution in [3.63, 3.8) is 0 Å². The van der Waals surface area contributed by atoms with Crippen LogP contribution in [0, 0.1) is 0 Å². The van der Waals surface area contributed by atoms with Gasteiger partial charge in [-0.3, -0.25) is 0 Å². The van der Waals surface area contributed by atoms with E-state index >= 15 is 0 Å². The van der Waals surface area contributed by atoms with Gasteiger partial charge < -0.3 is 23.7 Å². The maximum absolute atomic E-state index is 11.9. The van der Waals surface area contributed by atoms with Crippen LogP contribution in [-0.4, -0.2) is 49.6 Å². The summed E-state index contributed by atoms with van der Waals surface area (Å²) >= 11 is 0. The van der Waals surface area contributed by atoms with Gasteiger partial charge in [-0.05, 0) is 27.7 Å². The van der Waals surface area contributed by atoms with Crippen LogP contribution in [0.3, 0.4) is 0 Å². The molecule has 0 aromatic heterocycles. The lowest BCUT2D eigenvalue weighted by Gasteiger charge is -2.23. The summed E-state index contributed by atoms with van der Waals surface area (Å²) in [4.78, 5) is 11.9. The van der Waals surface area contributed by atoms with Crippen LogP contribution in [0.4, 0.5) is 0 Å². The molecule has 104 valence electrons. The van der Waals surface area contributed by atoms with E-state index in [1.165, 1.54) is 7.11 Å². The second-order valence-corrected chi connectivity index (χ2v) is 5.21. The molecule has 2 aliphatic rings. The lowest BCUT2D eigenvalue weighted by molar-refractivity contribution is -0.231. The molecule has 6 heteroatoms. The van der Waals surface area contributed by atoms with E-state index in [0.29, 0.717) is 0 Å². The van der Waals surface area contributed by atoms with E-state index in [0.717, 1.165) is 0 Å². The number of rotatable bonds is 3. The molecule has 0 radical (unpaired) electrons. The molecule has 4 atom stereocenters. The first-order valence-electron chi connectivity index (χ1n) is 6.08. The van der Waals surface area contributed by atoms with Gasteiger partial charge in [0, 0.05) is 7.11 Å². The lowest BCUT2D eigenvalue weighted by Crippen LogP contribution is -2.37. The first kappa shape index (κ1) is 13.7. The molecule has 2 rings (SSSR count). The summed E-state index contributed by atoms with van der Waals surface area (Å²) in [5.41, 5.74) is 0. The van der Waals surface area contributed by atoms with E-state index in [1.807, 2.05) is 0 Å². The monoisotopic (exact) mass is 260 g/mol. The molecule has 0 N–H and O–H groups in total. The summed E-state index contributed by atoms with van der Waals surface area (Å²) in [5, 5.41) is 0. The number of ether oxygens (including phenoxy) is 5. The molecule has 2 fully saturated rings. The van der Waals surface area contributed by atoms with Gasteiger partial charge in [0.15, 0.2) is 18.2 Å². The Labute approximate surface area is 106 Å². The number of carbonyl (C=O) groups excluding carboxylic acids is 1. The zero-order chi connectivity index (χ0) is 13.5. The molecule has 0 aromatic rings. The summed E-state index contributed by atoms with van der Waals surface area (Å²) < 4.78 is 27.2. The minimum atomic E-state index is -0.802. The summed E-state index contributed by atoms with van der Waals surface area (Å²) in [7, 11) is 1.51. The van der Waals surface area contributed by atoms with Gasteiger partial charge in [0.05, 0.1) is 6.10 Å². The normalized spacial score (nSPS) is 37.9. The number of carbonyl (C=O) groups is 1. The van der Waals surface area contributed by atoms with Crippen molar-refractivity contribution >= 4 is 5.97 Å². The van der Waals surface area contributed by atoms with Crippen molar-refractivity contribution in [1.82, 2.24) is 0 Å². The van der Waals surface area contributed by atoms with Crippen molar-refractivity contribution in [2.24, 2.45) is 0 Å². The molecule has 0 saturated carbocycles. The molecule has 0 unspecified atom stereocenters. The minimum absolute atomic E-state index is 0.198. The SMILES string of the molecule is CO[C@@H]1O[C@H](C(=O)OC(C)C)[C@@H]2OC(C)(C)O[C@H]12. The Morgan fingerprint density at radius 1 is 1.22 bits per heavy atom. The fourth-order valence-electron chi connectivity index (χ4n) is 2.24. The average molecular weight is 260 g/mol. The summed E-state index contributed by atoms with van der Waals surface area (Å²) in [5.74, 6) is -1.19. The van der Waals surface area contributed by atoms with Crippen LogP contribution in [0.15, 0.2) is 0 Å². The van der Waals surface area contributed by atoms with Gasteiger partial charge in [-0.15, -0.1) is 0 Å². The summed E-state index contributed by atoms with van der Waals surface area (Å²) in [6, 6.07) is 0. The van der Waals surface area contributed by atoms with Crippen LogP contribution in [0.1, 0.15) is 27.7 Å². The van der Waals surface area contributed by atoms with Gasteiger partial charge in [0.1, 0.15) is 12.2 Å². The van der Waals surface area contributed by atoms with Crippen molar-refractivity contribution in [2.75, 3.05) is 7.11 Å². The van der Waals surface area contributed by atoms with E-state index in [-0.39, 0.29) is 6.10 Å². The molecule has 0 bridgehead atoms. The molecule has 2 aliphatic heterocycles. The Kier molecular flexibility index (Phi) is 3.64. The van der Waals surface area contributed by atoms with Crippen LogP contribution < -0.4 is 0 Å². The molecular weight excluding hydrogens is 240 g/mol. The topological polar surface area (TPSA) is 63.2 Å². The fourth-order valence-corrected chi connectivity index (χ4v) is 2.24. The zero-order valence-corrected chi connectivity index (χ0v) is 11.3. The highest BCUT2D eigenvalue weighted by molar-refractivity contribution is 5.76. The van der Waals surface area contributed by atoms with Crippen molar-refractivity contribution in [1.29, 1.82) is 0 Å². The highest BCUT2D eigenvalue weighted by Gasteiger charge is 2.58. The quantitative estimate of drug-likeness (QED) is 0.700. The summed E-state index contributed by atoms with van der Waals surface area (Å²) in [6.07, 6.45) is -2.51. The predicted molar refractivity (Wildman–Crippen MR) is 60.7 cm³/mol. The van der Waals surface area contributed by atoms with Gasteiger partial charge in [-0.25, -0.2) is 4.79 Å². The molecule has 2 saturated heterocycles. The van der Waals surface area contributed by atoms with Gasteiger partial charge in [-0.1, -0.05) is 0 Å². The number of esters is 1.